The van der Waals surface area contributed by atoms with Gasteiger partial charge in [0.1, 0.15) is 22.4 Å². The summed E-state index contributed by atoms with van der Waals surface area (Å²) in [6.45, 7) is 2.76. The van der Waals surface area contributed by atoms with Crippen molar-refractivity contribution in [1.29, 1.82) is 0 Å². The molecule has 0 saturated heterocycles. The Hall–Kier alpha value is -0.920. The molecule has 7 heteroatoms. The van der Waals surface area contributed by atoms with Crippen LogP contribution in [0.15, 0.2) is 10.8 Å². The molecule has 0 aliphatic rings. The average Bonchev–Trinajstić information content (AvgIpc) is 2.26. The quantitative estimate of drug-likeness (QED) is 0.727. The topological polar surface area (TPSA) is 73.3 Å². The van der Waals surface area contributed by atoms with E-state index in [0.29, 0.717) is 24.7 Å². The summed E-state index contributed by atoms with van der Waals surface area (Å²) < 4.78 is 0.758. The molecule has 0 aliphatic heterocycles. The van der Waals surface area contributed by atoms with Crippen molar-refractivity contribution in [3.05, 3.63) is 10.8 Å². The van der Waals surface area contributed by atoms with E-state index in [9.17, 15) is 5.11 Å². The second-order valence-electron chi connectivity index (χ2n) is 4.72. The minimum Gasteiger partial charge on any atom is -0.387 e. The van der Waals surface area contributed by atoms with Crippen LogP contribution in [0.2, 0.25) is 0 Å². The van der Waals surface area contributed by atoms with Gasteiger partial charge in [-0.05, 0) is 36.9 Å². The first-order valence-corrected chi connectivity index (χ1v) is 6.44. The zero-order valence-electron chi connectivity index (χ0n) is 11.2. The van der Waals surface area contributed by atoms with Crippen molar-refractivity contribution in [2.24, 2.45) is 0 Å². The van der Waals surface area contributed by atoms with E-state index in [4.69, 9.17) is 0 Å². The van der Waals surface area contributed by atoms with Gasteiger partial charge in [0.15, 0.2) is 0 Å². The molecule has 18 heavy (non-hydrogen) atoms. The van der Waals surface area contributed by atoms with Crippen LogP contribution >= 0.6 is 15.9 Å². The van der Waals surface area contributed by atoms with E-state index in [0.717, 1.165) is 4.47 Å². The SMILES string of the molecule is CNc1ncnc(NCC(C)(O)CN(C)C)c1Br. The van der Waals surface area contributed by atoms with Gasteiger partial charge in [-0.1, -0.05) is 0 Å². The van der Waals surface area contributed by atoms with Crippen LogP contribution in [0.25, 0.3) is 0 Å². The Kier molecular flexibility index (Phi) is 5.30. The van der Waals surface area contributed by atoms with E-state index in [2.05, 4.69) is 36.5 Å². The molecule has 1 heterocycles. The summed E-state index contributed by atoms with van der Waals surface area (Å²) in [5, 5.41) is 16.3. The Bertz CT molecular complexity index is 397. The van der Waals surface area contributed by atoms with Crippen LogP contribution in [0.1, 0.15) is 6.92 Å². The van der Waals surface area contributed by atoms with Crippen LogP contribution in [0.3, 0.4) is 0 Å². The predicted octanol–water partition coefficient (Wildman–Crippen LogP) is 1.01. The molecule has 6 nitrogen and oxygen atoms in total. The highest BCUT2D eigenvalue weighted by Crippen LogP contribution is 2.26. The first-order chi connectivity index (χ1) is 8.35. The van der Waals surface area contributed by atoms with Gasteiger partial charge in [0, 0.05) is 20.1 Å². The Labute approximate surface area is 116 Å². The van der Waals surface area contributed by atoms with Crippen molar-refractivity contribution in [3.63, 3.8) is 0 Å². The predicted molar refractivity (Wildman–Crippen MR) is 76.9 cm³/mol. The number of nitrogens with one attached hydrogen (secondary N) is 2. The first-order valence-electron chi connectivity index (χ1n) is 5.65. The third-order valence-corrected chi connectivity index (χ3v) is 3.07. The number of rotatable bonds is 6. The van der Waals surface area contributed by atoms with E-state index in [1.807, 2.05) is 19.0 Å². The number of nitrogens with zero attached hydrogens (tertiary/aromatic N) is 3. The van der Waals surface area contributed by atoms with Crippen LogP contribution in [0.4, 0.5) is 11.6 Å². The lowest BCUT2D eigenvalue weighted by Gasteiger charge is -2.27. The van der Waals surface area contributed by atoms with E-state index in [-0.39, 0.29) is 0 Å². The van der Waals surface area contributed by atoms with Gasteiger partial charge in [-0.25, -0.2) is 9.97 Å². The fourth-order valence-electron chi connectivity index (χ4n) is 1.68. The lowest BCUT2D eigenvalue weighted by Crippen LogP contribution is -2.43. The molecule has 3 N–H and O–H groups in total. The first kappa shape index (κ1) is 15.1. The van der Waals surface area contributed by atoms with Gasteiger partial charge in [-0.2, -0.15) is 0 Å². The highest BCUT2D eigenvalue weighted by molar-refractivity contribution is 9.10. The van der Waals surface area contributed by atoms with Crippen LogP contribution in [-0.2, 0) is 0 Å². The molecule has 102 valence electrons. The fourth-order valence-corrected chi connectivity index (χ4v) is 2.22. The van der Waals surface area contributed by atoms with Gasteiger partial charge < -0.3 is 20.6 Å². The molecule has 0 aliphatic carbocycles. The van der Waals surface area contributed by atoms with Crippen molar-refractivity contribution in [2.75, 3.05) is 44.9 Å². The zero-order chi connectivity index (χ0) is 13.8. The standard InChI is InChI=1S/C11H20BrN5O/c1-11(18,6-17(3)4)5-14-10-8(12)9(13-2)15-7-16-10/h7,18H,5-6H2,1-4H3,(H2,13,14,15,16). The molecule has 0 spiro atoms. The van der Waals surface area contributed by atoms with Crippen molar-refractivity contribution in [3.8, 4) is 0 Å². The minimum absolute atomic E-state index is 0.407. The Morgan fingerprint density at radius 3 is 2.56 bits per heavy atom. The second kappa shape index (κ2) is 6.31. The summed E-state index contributed by atoms with van der Waals surface area (Å²) in [6, 6.07) is 0. The van der Waals surface area contributed by atoms with Gasteiger partial charge >= 0.3 is 0 Å². The third kappa shape index (κ3) is 4.40. The molecule has 0 aromatic carbocycles. The molecule has 0 amide bonds. The summed E-state index contributed by atoms with van der Waals surface area (Å²) in [6.07, 6.45) is 1.47. The van der Waals surface area contributed by atoms with Crippen molar-refractivity contribution >= 4 is 27.6 Å². The van der Waals surface area contributed by atoms with Gasteiger partial charge in [0.25, 0.3) is 0 Å². The molecule has 1 unspecified atom stereocenters. The van der Waals surface area contributed by atoms with E-state index < -0.39 is 5.60 Å². The molecule has 0 fully saturated rings. The average molecular weight is 318 g/mol. The Morgan fingerprint density at radius 2 is 2.00 bits per heavy atom. The number of hydrogen-bond acceptors (Lipinski definition) is 6. The number of hydrogen-bond donors (Lipinski definition) is 3. The summed E-state index contributed by atoms with van der Waals surface area (Å²) in [7, 11) is 5.64. The van der Waals surface area contributed by atoms with Crippen molar-refractivity contribution in [2.45, 2.75) is 12.5 Å². The highest BCUT2D eigenvalue weighted by atomic mass is 79.9. The number of aliphatic hydroxyl groups is 1. The molecule has 1 aromatic rings. The smallest absolute Gasteiger partial charge is 0.146 e. The maximum absolute atomic E-state index is 10.2. The molecule has 1 aromatic heterocycles. The van der Waals surface area contributed by atoms with Gasteiger partial charge in [-0.15, -0.1) is 0 Å². The number of anilines is 2. The maximum Gasteiger partial charge on any atom is 0.146 e. The summed E-state index contributed by atoms with van der Waals surface area (Å²) in [5.41, 5.74) is -0.826. The van der Waals surface area contributed by atoms with E-state index in [1.165, 1.54) is 6.33 Å². The summed E-state index contributed by atoms with van der Waals surface area (Å²) >= 11 is 3.42. The van der Waals surface area contributed by atoms with Crippen LogP contribution < -0.4 is 10.6 Å². The lowest BCUT2D eigenvalue weighted by atomic mass is 10.1. The number of likely N-dealkylation sites (N-methyl/N-ethyl adjacent to an activating group) is 1. The van der Waals surface area contributed by atoms with E-state index >= 15 is 0 Å². The van der Waals surface area contributed by atoms with Gasteiger partial charge in [0.05, 0.1) is 5.60 Å². The zero-order valence-corrected chi connectivity index (χ0v) is 12.7. The molecule has 1 rings (SSSR count). The van der Waals surface area contributed by atoms with Gasteiger partial charge in [-0.3, -0.25) is 0 Å². The largest absolute Gasteiger partial charge is 0.387 e. The van der Waals surface area contributed by atoms with Gasteiger partial charge in [0.2, 0.25) is 0 Å². The highest BCUT2D eigenvalue weighted by Gasteiger charge is 2.21. The normalized spacial score (nSPS) is 14.4. The Balaban J connectivity index is 2.69. The van der Waals surface area contributed by atoms with Crippen LogP contribution in [0.5, 0.6) is 0 Å². The van der Waals surface area contributed by atoms with Crippen LogP contribution in [-0.4, -0.2) is 59.8 Å². The minimum atomic E-state index is -0.826. The fraction of sp³-hybridized carbons (Fsp3) is 0.636. The van der Waals surface area contributed by atoms with Crippen molar-refractivity contribution < 1.29 is 5.11 Å². The molecular weight excluding hydrogens is 298 g/mol. The maximum atomic E-state index is 10.2. The van der Waals surface area contributed by atoms with Crippen LogP contribution in [0, 0.1) is 0 Å². The molecule has 0 bridgehead atoms. The molecule has 0 saturated carbocycles. The molecular formula is C11H20BrN5O. The number of halogens is 1. The Morgan fingerprint density at radius 1 is 1.39 bits per heavy atom. The molecule has 1 atom stereocenters. The summed E-state index contributed by atoms with van der Waals surface area (Å²) in [5.74, 6) is 1.37. The second-order valence-corrected chi connectivity index (χ2v) is 5.52. The number of aromatic nitrogens is 2. The van der Waals surface area contributed by atoms with Crippen molar-refractivity contribution in [1.82, 2.24) is 14.9 Å². The van der Waals surface area contributed by atoms with E-state index in [1.54, 1.807) is 14.0 Å². The monoisotopic (exact) mass is 317 g/mol. The third-order valence-electron chi connectivity index (χ3n) is 2.32. The lowest BCUT2D eigenvalue weighted by molar-refractivity contribution is 0.0459. The molecule has 0 radical (unpaired) electrons. The summed E-state index contributed by atoms with van der Waals surface area (Å²) in [4.78, 5) is 10.1.